The highest BCUT2D eigenvalue weighted by atomic mass is 32.2. The molecule has 2 aromatic rings. The molecule has 0 aromatic heterocycles. The summed E-state index contributed by atoms with van der Waals surface area (Å²) in [5.74, 6) is -0.929. The van der Waals surface area contributed by atoms with Gasteiger partial charge in [-0.05, 0) is 49.6 Å². The zero-order valence-corrected chi connectivity index (χ0v) is 20.1. The van der Waals surface area contributed by atoms with E-state index in [1.54, 1.807) is 49.4 Å². The molecule has 0 heterocycles. The van der Waals surface area contributed by atoms with E-state index in [-0.39, 0.29) is 43.6 Å². The average molecular weight is 478 g/mol. The van der Waals surface area contributed by atoms with E-state index in [0.717, 1.165) is 12.7 Å². The van der Waals surface area contributed by atoms with E-state index < -0.39 is 16.1 Å². The van der Waals surface area contributed by atoms with Crippen molar-refractivity contribution < 1.29 is 22.4 Å². The predicted octanol–water partition coefficient (Wildman–Crippen LogP) is 3.32. The average Bonchev–Trinajstić information content (AvgIpc) is 2.79. The van der Waals surface area contributed by atoms with Gasteiger partial charge in [0.05, 0.1) is 11.9 Å². The molecule has 7 nitrogen and oxygen atoms in total. The van der Waals surface area contributed by atoms with Crippen molar-refractivity contribution in [3.63, 3.8) is 0 Å². The minimum absolute atomic E-state index is 0.0610. The number of sulfonamides is 1. The number of nitrogens with zero attached hydrogens (tertiary/aromatic N) is 2. The summed E-state index contributed by atoms with van der Waals surface area (Å²) in [6.07, 6.45) is 2.24. The monoisotopic (exact) mass is 477 g/mol. The van der Waals surface area contributed by atoms with Gasteiger partial charge in [0.1, 0.15) is 11.9 Å². The van der Waals surface area contributed by atoms with Gasteiger partial charge in [-0.15, -0.1) is 0 Å². The molecule has 180 valence electrons. The van der Waals surface area contributed by atoms with E-state index in [9.17, 15) is 22.4 Å². The summed E-state index contributed by atoms with van der Waals surface area (Å²) < 4.78 is 39.1. The van der Waals surface area contributed by atoms with Crippen LogP contribution in [-0.2, 0) is 26.2 Å². The topological polar surface area (TPSA) is 86.8 Å². The third-order valence-electron chi connectivity index (χ3n) is 5.18. The van der Waals surface area contributed by atoms with E-state index in [0.29, 0.717) is 17.8 Å². The summed E-state index contributed by atoms with van der Waals surface area (Å²) >= 11 is 0. The Morgan fingerprint density at radius 2 is 1.70 bits per heavy atom. The minimum atomic E-state index is -3.52. The molecular formula is C24H32FN3O4S. The molecule has 0 aliphatic rings. The molecule has 1 unspecified atom stereocenters. The van der Waals surface area contributed by atoms with Crippen molar-refractivity contribution in [2.24, 2.45) is 0 Å². The van der Waals surface area contributed by atoms with Crippen molar-refractivity contribution in [3.05, 3.63) is 66.0 Å². The number of hydrogen-bond acceptors (Lipinski definition) is 4. The minimum Gasteiger partial charge on any atom is -0.354 e. The summed E-state index contributed by atoms with van der Waals surface area (Å²) in [5, 5.41) is 2.80. The summed E-state index contributed by atoms with van der Waals surface area (Å²) in [4.78, 5) is 27.1. The smallest absolute Gasteiger partial charge is 0.242 e. The Hall–Kier alpha value is -2.94. The van der Waals surface area contributed by atoms with Gasteiger partial charge < -0.3 is 10.2 Å². The van der Waals surface area contributed by atoms with Crippen LogP contribution in [0.25, 0.3) is 0 Å². The third kappa shape index (κ3) is 8.16. The quantitative estimate of drug-likeness (QED) is 0.508. The van der Waals surface area contributed by atoms with Gasteiger partial charge in [0.15, 0.2) is 0 Å². The van der Waals surface area contributed by atoms with Crippen LogP contribution in [0.3, 0.4) is 0 Å². The van der Waals surface area contributed by atoms with Crippen molar-refractivity contribution in [2.45, 2.75) is 45.7 Å². The van der Waals surface area contributed by atoms with E-state index in [1.165, 1.54) is 21.3 Å². The Morgan fingerprint density at radius 1 is 1.06 bits per heavy atom. The van der Waals surface area contributed by atoms with Crippen LogP contribution in [-0.4, -0.2) is 50.5 Å². The molecule has 1 N–H and O–H groups in total. The first-order valence-electron chi connectivity index (χ1n) is 11.0. The second-order valence-corrected chi connectivity index (χ2v) is 9.80. The first-order chi connectivity index (χ1) is 15.6. The largest absolute Gasteiger partial charge is 0.354 e. The van der Waals surface area contributed by atoms with Crippen molar-refractivity contribution >= 4 is 27.5 Å². The summed E-state index contributed by atoms with van der Waals surface area (Å²) in [5.41, 5.74) is 1.23. The molecule has 1 atom stereocenters. The lowest BCUT2D eigenvalue weighted by atomic mass is 10.1. The molecule has 0 saturated carbocycles. The molecule has 9 heteroatoms. The third-order valence-corrected chi connectivity index (χ3v) is 6.37. The Kier molecular flexibility index (Phi) is 9.84. The molecule has 33 heavy (non-hydrogen) atoms. The maximum atomic E-state index is 13.3. The first kappa shape index (κ1) is 26.3. The van der Waals surface area contributed by atoms with Gasteiger partial charge in [0.25, 0.3) is 0 Å². The van der Waals surface area contributed by atoms with E-state index in [1.807, 2.05) is 6.92 Å². The van der Waals surface area contributed by atoms with E-state index in [4.69, 9.17) is 0 Å². The van der Waals surface area contributed by atoms with Crippen molar-refractivity contribution in [3.8, 4) is 0 Å². The van der Waals surface area contributed by atoms with Crippen LogP contribution >= 0.6 is 0 Å². The predicted molar refractivity (Wildman–Crippen MR) is 128 cm³/mol. The molecule has 0 spiro atoms. The van der Waals surface area contributed by atoms with E-state index >= 15 is 0 Å². The molecule has 0 bridgehead atoms. The van der Waals surface area contributed by atoms with Gasteiger partial charge in [-0.2, -0.15) is 0 Å². The normalized spacial score (nSPS) is 12.1. The molecule has 0 radical (unpaired) electrons. The highest BCUT2D eigenvalue weighted by Crippen LogP contribution is 2.18. The lowest BCUT2D eigenvalue weighted by molar-refractivity contribution is -0.140. The number of para-hydroxylation sites is 1. The highest BCUT2D eigenvalue weighted by molar-refractivity contribution is 7.92. The SMILES string of the molecule is CCCNC(=O)C(C)N(Cc1ccc(F)cc1)C(=O)CCCN(c1ccccc1)S(C)(=O)=O. The fourth-order valence-electron chi connectivity index (χ4n) is 3.36. The maximum absolute atomic E-state index is 13.3. The van der Waals surface area contributed by atoms with Gasteiger partial charge in [-0.3, -0.25) is 13.9 Å². The number of halogens is 1. The van der Waals surface area contributed by atoms with Gasteiger partial charge >= 0.3 is 0 Å². The van der Waals surface area contributed by atoms with Crippen LogP contribution < -0.4 is 9.62 Å². The zero-order chi connectivity index (χ0) is 24.4. The Labute approximate surface area is 195 Å². The Morgan fingerprint density at radius 3 is 2.27 bits per heavy atom. The van der Waals surface area contributed by atoms with Crippen LogP contribution in [0.15, 0.2) is 54.6 Å². The molecule has 0 aliphatic heterocycles. The number of benzene rings is 2. The van der Waals surface area contributed by atoms with E-state index in [2.05, 4.69) is 5.32 Å². The standard InChI is InChI=1S/C24H32FN3O4S/c1-4-16-26-24(30)19(2)27(18-20-12-14-21(25)15-13-20)23(29)11-8-17-28(33(3,31)32)22-9-6-5-7-10-22/h5-7,9-10,12-15,19H,4,8,11,16-18H2,1-3H3,(H,26,30). The van der Waals surface area contributed by atoms with Gasteiger partial charge in [-0.1, -0.05) is 37.3 Å². The lowest BCUT2D eigenvalue weighted by Gasteiger charge is -2.29. The molecule has 0 fully saturated rings. The molecule has 2 rings (SSSR count). The van der Waals surface area contributed by atoms with Crippen LogP contribution in [0.1, 0.15) is 38.7 Å². The molecule has 2 aromatic carbocycles. The molecule has 2 amide bonds. The fourth-order valence-corrected chi connectivity index (χ4v) is 4.33. The fraction of sp³-hybridized carbons (Fsp3) is 0.417. The van der Waals surface area contributed by atoms with Gasteiger partial charge in [0, 0.05) is 26.1 Å². The maximum Gasteiger partial charge on any atom is 0.242 e. The van der Waals surface area contributed by atoms with Crippen LogP contribution in [0, 0.1) is 5.82 Å². The summed E-state index contributed by atoms with van der Waals surface area (Å²) in [6.45, 7) is 4.37. The van der Waals surface area contributed by atoms with Crippen LogP contribution in [0.5, 0.6) is 0 Å². The number of nitrogens with one attached hydrogen (secondary N) is 1. The molecule has 0 aliphatic carbocycles. The number of rotatable bonds is 12. The van der Waals surface area contributed by atoms with Crippen LogP contribution in [0.4, 0.5) is 10.1 Å². The zero-order valence-electron chi connectivity index (χ0n) is 19.3. The number of carbonyl (C=O) groups is 2. The summed E-state index contributed by atoms with van der Waals surface area (Å²) in [7, 11) is -3.52. The van der Waals surface area contributed by atoms with Gasteiger partial charge in [0.2, 0.25) is 21.8 Å². The number of amides is 2. The number of hydrogen-bond donors (Lipinski definition) is 1. The Balaban J connectivity index is 2.12. The lowest BCUT2D eigenvalue weighted by Crippen LogP contribution is -2.47. The second kappa shape index (κ2) is 12.3. The van der Waals surface area contributed by atoms with Crippen LogP contribution in [0.2, 0.25) is 0 Å². The number of carbonyl (C=O) groups excluding carboxylic acids is 2. The number of anilines is 1. The van der Waals surface area contributed by atoms with Crippen molar-refractivity contribution in [1.82, 2.24) is 10.2 Å². The molecule has 0 saturated heterocycles. The summed E-state index contributed by atoms with van der Waals surface area (Å²) in [6, 6.07) is 13.7. The van der Waals surface area contributed by atoms with Crippen molar-refractivity contribution in [1.29, 1.82) is 0 Å². The highest BCUT2D eigenvalue weighted by Gasteiger charge is 2.26. The van der Waals surface area contributed by atoms with Crippen molar-refractivity contribution in [2.75, 3.05) is 23.7 Å². The van der Waals surface area contributed by atoms with Gasteiger partial charge in [-0.25, -0.2) is 12.8 Å². The first-order valence-corrected chi connectivity index (χ1v) is 12.8. The second-order valence-electron chi connectivity index (χ2n) is 7.89. The Bertz CT molecular complexity index is 1010. The molecular weight excluding hydrogens is 445 g/mol.